The molecule has 4 nitrogen and oxygen atoms in total. The average molecular weight is 247 g/mol. The third-order valence-corrected chi connectivity index (χ3v) is 2.57. The van der Waals surface area contributed by atoms with E-state index in [2.05, 4.69) is 4.98 Å². The molecule has 5 heteroatoms. The first-order valence-electron chi connectivity index (χ1n) is 5.26. The zero-order valence-electron chi connectivity index (χ0n) is 9.31. The Balaban J connectivity index is 2.40. The molecule has 1 heterocycles. The molecule has 1 aromatic heterocycles. The summed E-state index contributed by atoms with van der Waals surface area (Å²) < 4.78 is 12.7. The number of aromatic nitrogens is 1. The van der Waals surface area contributed by atoms with Crippen molar-refractivity contribution in [3.8, 4) is 0 Å². The van der Waals surface area contributed by atoms with Crippen molar-refractivity contribution in [2.24, 2.45) is 0 Å². The van der Waals surface area contributed by atoms with Crippen LogP contribution < -0.4 is 5.56 Å². The van der Waals surface area contributed by atoms with Crippen molar-refractivity contribution in [2.75, 3.05) is 0 Å². The zero-order chi connectivity index (χ0) is 13.1. The smallest absolute Gasteiger partial charge is 0.341 e. The van der Waals surface area contributed by atoms with Gasteiger partial charge in [-0.1, -0.05) is 12.1 Å². The Morgan fingerprint density at radius 3 is 2.50 bits per heavy atom. The summed E-state index contributed by atoms with van der Waals surface area (Å²) in [6.45, 7) is 0. The molecule has 0 atom stereocenters. The van der Waals surface area contributed by atoms with Gasteiger partial charge < -0.3 is 10.1 Å². The van der Waals surface area contributed by atoms with Crippen LogP contribution in [-0.2, 0) is 6.42 Å². The van der Waals surface area contributed by atoms with Gasteiger partial charge in [0, 0.05) is 6.20 Å². The van der Waals surface area contributed by atoms with Crippen molar-refractivity contribution in [1.82, 2.24) is 4.98 Å². The van der Waals surface area contributed by atoms with Crippen LogP contribution in [0.2, 0.25) is 0 Å². The summed E-state index contributed by atoms with van der Waals surface area (Å²) in [6.07, 6.45) is 1.67. The van der Waals surface area contributed by atoms with Crippen LogP contribution in [0.25, 0.3) is 0 Å². The zero-order valence-corrected chi connectivity index (χ0v) is 9.31. The Kier molecular flexibility index (Phi) is 3.23. The van der Waals surface area contributed by atoms with Gasteiger partial charge in [-0.05, 0) is 35.7 Å². The molecule has 2 aromatic rings. The number of H-pyrrole nitrogens is 1. The number of benzene rings is 1. The van der Waals surface area contributed by atoms with E-state index in [1.165, 1.54) is 24.4 Å². The maximum absolute atomic E-state index is 12.7. The van der Waals surface area contributed by atoms with Crippen LogP contribution >= 0.6 is 0 Å². The molecule has 0 amide bonds. The first-order chi connectivity index (χ1) is 8.58. The van der Waals surface area contributed by atoms with E-state index < -0.39 is 11.5 Å². The standard InChI is InChI=1S/C13H10FNO3/c14-10-3-1-8(2-4-10)7-9-5-6-15-12(16)11(9)13(17)18/h1-6H,7H2,(H,15,16)(H,17,18). The Hall–Kier alpha value is -2.43. The van der Waals surface area contributed by atoms with E-state index in [9.17, 15) is 14.0 Å². The Labute approximate surface area is 102 Å². The number of hydrogen-bond acceptors (Lipinski definition) is 2. The Morgan fingerprint density at radius 2 is 1.89 bits per heavy atom. The second kappa shape index (κ2) is 4.83. The molecule has 0 fully saturated rings. The van der Waals surface area contributed by atoms with Gasteiger partial charge in [-0.25, -0.2) is 9.18 Å². The molecule has 0 saturated heterocycles. The molecule has 18 heavy (non-hydrogen) atoms. The fourth-order valence-corrected chi connectivity index (χ4v) is 1.72. The molecule has 2 rings (SSSR count). The minimum absolute atomic E-state index is 0.270. The number of carboxylic acid groups (broad SMARTS) is 1. The second-order valence-corrected chi connectivity index (χ2v) is 3.82. The summed E-state index contributed by atoms with van der Waals surface area (Å²) in [5, 5.41) is 8.99. The van der Waals surface area contributed by atoms with E-state index >= 15 is 0 Å². The lowest BCUT2D eigenvalue weighted by Crippen LogP contribution is -2.19. The summed E-state index contributed by atoms with van der Waals surface area (Å²) >= 11 is 0. The molecule has 0 unspecified atom stereocenters. The monoisotopic (exact) mass is 247 g/mol. The van der Waals surface area contributed by atoms with Crippen molar-refractivity contribution >= 4 is 5.97 Å². The van der Waals surface area contributed by atoms with Gasteiger partial charge >= 0.3 is 5.97 Å². The number of halogens is 1. The highest BCUT2D eigenvalue weighted by atomic mass is 19.1. The molecule has 92 valence electrons. The molecule has 0 aliphatic heterocycles. The Bertz CT molecular complexity index is 631. The number of carboxylic acids is 1. The molecule has 2 N–H and O–H groups in total. The number of pyridine rings is 1. The van der Waals surface area contributed by atoms with Crippen LogP contribution in [-0.4, -0.2) is 16.1 Å². The van der Waals surface area contributed by atoms with Crippen LogP contribution in [0.15, 0.2) is 41.3 Å². The molecular formula is C13H10FNO3. The van der Waals surface area contributed by atoms with Crippen LogP contribution in [0, 0.1) is 5.82 Å². The summed E-state index contributed by atoms with van der Waals surface area (Å²) in [6, 6.07) is 7.24. The summed E-state index contributed by atoms with van der Waals surface area (Å²) in [7, 11) is 0. The van der Waals surface area contributed by atoms with Crippen molar-refractivity contribution in [2.45, 2.75) is 6.42 Å². The highest BCUT2D eigenvalue weighted by Gasteiger charge is 2.14. The Morgan fingerprint density at radius 1 is 1.22 bits per heavy atom. The van der Waals surface area contributed by atoms with E-state index in [0.717, 1.165) is 5.56 Å². The quantitative estimate of drug-likeness (QED) is 0.868. The predicted molar refractivity (Wildman–Crippen MR) is 63.2 cm³/mol. The number of aromatic amines is 1. The lowest BCUT2D eigenvalue weighted by atomic mass is 10.0. The van der Waals surface area contributed by atoms with Gasteiger partial charge in [-0.3, -0.25) is 4.79 Å². The molecule has 0 spiro atoms. The number of rotatable bonds is 3. The molecule has 0 radical (unpaired) electrons. The summed E-state index contributed by atoms with van der Waals surface area (Å²) in [5.74, 6) is -1.63. The highest BCUT2D eigenvalue weighted by Crippen LogP contribution is 2.12. The fourth-order valence-electron chi connectivity index (χ4n) is 1.72. The predicted octanol–water partition coefficient (Wildman–Crippen LogP) is 1.80. The topological polar surface area (TPSA) is 70.2 Å². The fraction of sp³-hybridized carbons (Fsp3) is 0.0769. The molecular weight excluding hydrogens is 237 g/mol. The maximum atomic E-state index is 12.7. The van der Waals surface area contributed by atoms with E-state index in [1.807, 2.05) is 0 Å². The number of aromatic carboxylic acids is 1. The number of carbonyl (C=O) groups is 1. The highest BCUT2D eigenvalue weighted by molar-refractivity contribution is 5.88. The lowest BCUT2D eigenvalue weighted by Gasteiger charge is -2.05. The first kappa shape index (κ1) is 12.0. The molecule has 1 aromatic carbocycles. The summed E-state index contributed by atoms with van der Waals surface area (Å²) in [5.41, 5.74) is 0.228. The van der Waals surface area contributed by atoms with Crippen molar-refractivity contribution < 1.29 is 14.3 Å². The second-order valence-electron chi connectivity index (χ2n) is 3.82. The van der Waals surface area contributed by atoms with Crippen molar-refractivity contribution in [3.05, 3.63) is 69.4 Å². The summed E-state index contributed by atoms with van der Waals surface area (Å²) in [4.78, 5) is 24.8. The van der Waals surface area contributed by atoms with Crippen molar-refractivity contribution in [3.63, 3.8) is 0 Å². The SMILES string of the molecule is O=C(O)c1c(Cc2ccc(F)cc2)cc[nH]c1=O. The van der Waals surface area contributed by atoms with E-state index in [0.29, 0.717) is 5.56 Å². The van der Waals surface area contributed by atoms with Gasteiger partial charge in [0.2, 0.25) is 0 Å². The van der Waals surface area contributed by atoms with Gasteiger partial charge in [0.25, 0.3) is 5.56 Å². The molecule has 0 aliphatic carbocycles. The van der Waals surface area contributed by atoms with Gasteiger partial charge in [0.15, 0.2) is 0 Å². The average Bonchev–Trinajstić information content (AvgIpc) is 2.32. The first-order valence-corrected chi connectivity index (χ1v) is 5.26. The van der Waals surface area contributed by atoms with Crippen LogP contribution in [0.1, 0.15) is 21.5 Å². The van der Waals surface area contributed by atoms with Gasteiger partial charge in [-0.2, -0.15) is 0 Å². The third-order valence-electron chi connectivity index (χ3n) is 2.57. The largest absolute Gasteiger partial charge is 0.477 e. The van der Waals surface area contributed by atoms with Crippen molar-refractivity contribution in [1.29, 1.82) is 0 Å². The van der Waals surface area contributed by atoms with Crippen LogP contribution in [0.3, 0.4) is 0 Å². The number of hydrogen-bond donors (Lipinski definition) is 2. The van der Waals surface area contributed by atoms with Crippen LogP contribution in [0.4, 0.5) is 4.39 Å². The minimum atomic E-state index is -1.27. The molecule has 0 aliphatic rings. The van der Waals surface area contributed by atoms with E-state index in [-0.39, 0.29) is 17.8 Å². The van der Waals surface area contributed by atoms with Crippen LogP contribution in [0.5, 0.6) is 0 Å². The maximum Gasteiger partial charge on any atom is 0.341 e. The number of nitrogens with one attached hydrogen (secondary N) is 1. The molecule has 0 saturated carbocycles. The lowest BCUT2D eigenvalue weighted by molar-refractivity contribution is 0.0694. The van der Waals surface area contributed by atoms with Gasteiger partial charge in [-0.15, -0.1) is 0 Å². The third kappa shape index (κ3) is 2.45. The normalized spacial score (nSPS) is 10.3. The minimum Gasteiger partial charge on any atom is -0.477 e. The van der Waals surface area contributed by atoms with Gasteiger partial charge in [0.1, 0.15) is 11.4 Å². The molecule has 0 bridgehead atoms. The van der Waals surface area contributed by atoms with E-state index in [1.54, 1.807) is 12.1 Å². The van der Waals surface area contributed by atoms with E-state index in [4.69, 9.17) is 5.11 Å². The van der Waals surface area contributed by atoms with Gasteiger partial charge in [0.05, 0.1) is 0 Å².